The van der Waals surface area contributed by atoms with E-state index in [1.165, 1.54) is 6.20 Å². The minimum Gasteiger partial charge on any atom is -0.385 e. The zero-order valence-corrected chi connectivity index (χ0v) is 15.7. The Labute approximate surface area is 157 Å². The lowest BCUT2D eigenvalue weighted by atomic mass is 9.90. The van der Waals surface area contributed by atoms with Crippen LogP contribution in [-0.2, 0) is 5.60 Å². The van der Waals surface area contributed by atoms with Crippen LogP contribution < -0.4 is 5.32 Å². The van der Waals surface area contributed by atoms with Crippen molar-refractivity contribution in [3.8, 4) is 11.1 Å². The van der Waals surface area contributed by atoms with Crippen LogP contribution in [0, 0.1) is 5.82 Å². The summed E-state index contributed by atoms with van der Waals surface area (Å²) in [4.78, 5) is 6.95. The molecule has 1 aliphatic rings. The molecule has 1 fully saturated rings. The Morgan fingerprint density at radius 3 is 2.58 bits per heavy atom. The van der Waals surface area contributed by atoms with Gasteiger partial charge in [0, 0.05) is 23.0 Å². The minimum atomic E-state index is -0.831. The number of pyridine rings is 1. The molecule has 4 rings (SSSR count). The van der Waals surface area contributed by atoms with Gasteiger partial charge in [0.2, 0.25) is 0 Å². The van der Waals surface area contributed by atoms with Gasteiger partial charge >= 0.3 is 0 Å². The van der Waals surface area contributed by atoms with E-state index in [0.717, 1.165) is 42.4 Å². The average molecular weight is 376 g/mol. The van der Waals surface area contributed by atoms with E-state index in [1.54, 1.807) is 18.3 Å². The first-order valence-corrected chi connectivity index (χ1v) is 9.11. The first-order valence-electron chi connectivity index (χ1n) is 8.73. The van der Waals surface area contributed by atoms with Crippen LogP contribution in [0.2, 0.25) is 5.02 Å². The molecule has 26 heavy (non-hydrogen) atoms. The lowest BCUT2D eigenvalue weighted by Gasteiger charge is -2.24. The Balaban J connectivity index is 0.000000613. The van der Waals surface area contributed by atoms with E-state index in [9.17, 15) is 9.50 Å². The van der Waals surface area contributed by atoms with Crippen molar-refractivity contribution in [3.63, 3.8) is 0 Å². The zero-order valence-electron chi connectivity index (χ0n) is 14.9. The van der Waals surface area contributed by atoms with Gasteiger partial charge in [-0.25, -0.2) is 9.37 Å². The van der Waals surface area contributed by atoms with Crippen LogP contribution in [0.15, 0.2) is 36.7 Å². The molecule has 0 saturated heterocycles. The molecule has 0 spiro atoms. The van der Waals surface area contributed by atoms with Crippen molar-refractivity contribution in [2.24, 2.45) is 0 Å². The second-order valence-corrected chi connectivity index (χ2v) is 7.06. The monoisotopic (exact) mass is 375 g/mol. The first kappa shape index (κ1) is 18.8. The number of benzene rings is 1. The third-order valence-corrected chi connectivity index (χ3v) is 5.05. The van der Waals surface area contributed by atoms with Gasteiger partial charge in [0.15, 0.2) is 5.82 Å². The fourth-order valence-electron chi connectivity index (χ4n) is 3.55. The van der Waals surface area contributed by atoms with Gasteiger partial charge in [-0.15, -0.1) is 0 Å². The van der Waals surface area contributed by atoms with E-state index < -0.39 is 5.60 Å². The third-order valence-electron chi connectivity index (χ3n) is 4.74. The number of hydrogen-bond donors (Lipinski definition) is 3. The van der Waals surface area contributed by atoms with Crippen molar-refractivity contribution in [2.75, 3.05) is 14.1 Å². The smallest absolute Gasteiger partial charge is 0.150 e. The van der Waals surface area contributed by atoms with Crippen LogP contribution in [0.1, 0.15) is 31.2 Å². The summed E-state index contributed by atoms with van der Waals surface area (Å²) in [6.45, 7) is 0. The van der Waals surface area contributed by atoms with Crippen LogP contribution in [0.25, 0.3) is 22.2 Å². The van der Waals surface area contributed by atoms with Crippen molar-refractivity contribution in [1.29, 1.82) is 0 Å². The summed E-state index contributed by atoms with van der Waals surface area (Å²) >= 11 is 6.44. The lowest BCUT2D eigenvalue weighted by Crippen LogP contribution is -2.21. The van der Waals surface area contributed by atoms with E-state index >= 15 is 0 Å². The van der Waals surface area contributed by atoms with Crippen LogP contribution in [0.5, 0.6) is 0 Å². The minimum absolute atomic E-state index is 0.335. The summed E-state index contributed by atoms with van der Waals surface area (Å²) in [5, 5.41) is 14.5. The van der Waals surface area contributed by atoms with Crippen molar-refractivity contribution < 1.29 is 9.50 Å². The van der Waals surface area contributed by atoms with Gasteiger partial charge in [-0.05, 0) is 50.2 Å². The number of aromatic nitrogens is 2. The molecule has 1 aromatic carbocycles. The fourth-order valence-corrected chi connectivity index (χ4v) is 3.90. The molecule has 0 atom stereocenters. The highest BCUT2D eigenvalue weighted by Gasteiger charge is 2.34. The van der Waals surface area contributed by atoms with Gasteiger partial charge in [-0.3, -0.25) is 0 Å². The number of fused-ring (bicyclic) bond motifs is 1. The highest BCUT2D eigenvalue weighted by molar-refractivity contribution is 6.31. The lowest BCUT2D eigenvalue weighted by molar-refractivity contribution is 0.0446. The number of H-pyrrole nitrogens is 1. The largest absolute Gasteiger partial charge is 0.385 e. The van der Waals surface area contributed by atoms with E-state index in [2.05, 4.69) is 15.3 Å². The maximum atomic E-state index is 14.0. The van der Waals surface area contributed by atoms with Gasteiger partial charge in [0.1, 0.15) is 5.65 Å². The van der Waals surface area contributed by atoms with Crippen molar-refractivity contribution >= 4 is 22.6 Å². The molecular formula is C20H23ClFN3O. The van der Waals surface area contributed by atoms with E-state index in [1.807, 2.05) is 26.2 Å². The Morgan fingerprint density at radius 1 is 1.23 bits per heavy atom. The number of aliphatic hydroxyl groups is 1. The maximum absolute atomic E-state index is 14.0. The molecule has 1 aliphatic carbocycles. The summed E-state index contributed by atoms with van der Waals surface area (Å²) in [6, 6.07) is 7.32. The normalized spacial score (nSPS) is 15.7. The first-order chi connectivity index (χ1) is 12.5. The number of hydrogen-bond acceptors (Lipinski definition) is 3. The van der Waals surface area contributed by atoms with Crippen LogP contribution >= 0.6 is 11.6 Å². The summed E-state index contributed by atoms with van der Waals surface area (Å²) in [7, 11) is 3.75. The molecule has 6 heteroatoms. The Kier molecular flexibility index (Phi) is 5.61. The Hall–Kier alpha value is -1.95. The molecule has 0 amide bonds. The highest BCUT2D eigenvalue weighted by atomic mass is 35.5. The average Bonchev–Trinajstić information content (AvgIpc) is 3.22. The van der Waals surface area contributed by atoms with Crippen molar-refractivity contribution in [3.05, 3.63) is 53.1 Å². The molecule has 0 bridgehead atoms. The van der Waals surface area contributed by atoms with Gasteiger partial charge in [0.25, 0.3) is 0 Å². The van der Waals surface area contributed by atoms with E-state index in [4.69, 9.17) is 11.6 Å². The summed E-state index contributed by atoms with van der Waals surface area (Å²) in [5.74, 6) is -0.335. The predicted octanol–water partition coefficient (Wildman–Crippen LogP) is 4.62. The van der Waals surface area contributed by atoms with Crippen molar-refractivity contribution in [2.45, 2.75) is 31.3 Å². The second-order valence-electron chi connectivity index (χ2n) is 6.65. The van der Waals surface area contributed by atoms with Crippen LogP contribution in [0.3, 0.4) is 0 Å². The topological polar surface area (TPSA) is 60.9 Å². The highest BCUT2D eigenvalue weighted by Crippen LogP contribution is 2.43. The molecule has 4 nitrogen and oxygen atoms in total. The standard InChI is InChI=1S/C18H16ClFN2O.C2H7N/c19-14-9-11(3-4-13(14)18(23)6-1-2-7-18)12-5-8-21-17-16(12)15(20)10-22-17;1-3-2/h3-5,8-10,23H,1-2,6-7H2,(H,21,22);3H,1-2H3. The number of nitrogens with zero attached hydrogens (tertiary/aromatic N) is 1. The van der Waals surface area contributed by atoms with Crippen LogP contribution in [0.4, 0.5) is 4.39 Å². The summed E-state index contributed by atoms with van der Waals surface area (Å²) in [5.41, 5.74) is 1.99. The SMILES string of the molecule is CNC.OC1(c2ccc(-c3ccnc4[nH]cc(F)c34)cc2Cl)CCCC1. The van der Waals surface area contributed by atoms with Gasteiger partial charge in [-0.2, -0.15) is 0 Å². The molecule has 0 unspecified atom stereocenters. The summed E-state index contributed by atoms with van der Waals surface area (Å²) < 4.78 is 14.0. The fraction of sp³-hybridized carbons (Fsp3) is 0.350. The molecule has 3 aromatic rings. The molecular weight excluding hydrogens is 353 g/mol. The van der Waals surface area contributed by atoms with Crippen LogP contribution in [-0.4, -0.2) is 29.2 Å². The van der Waals surface area contributed by atoms with Crippen molar-refractivity contribution in [1.82, 2.24) is 15.3 Å². The van der Waals surface area contributed by atoms with E-state index in [0.29, 0.717) is 16.1 Å². The predicted molar refractivity (Wildman–Crippen MR) is 104 cm³/mol. The molecule has 3 N–H and O–H groups in total. The zero-order chi connectivity index (χ0) is 18.7. The molecule has 1 saturated carbocycles. The second kappa shape index (κ2) is 7.74. The Bertz CT molecular complexity index is 903. The number of aromatic amines is 1. The number of rotatable bonds is 2. The quantitative estimate of drug-likeness (QED) is 0.612. The molecule has 138 valence electrons. The van der Waals surface area contributed by atoms with Gasteiger partial charge < -0.3 is 15.4 Å². The van der Waals surface area contributed by atoms with E-state index in [-0.39, 0.29) is 5.82 Å². The Morgan fingerprint density at radius 2 is 1.92 bits per heavy atom. The molecule has 0 aliphatic heterocycles. The third kappa shape index (κ3) is 3.47. The van der Waals surface area contributed by atoms with Gasteiger partial charge in [-0.1, -0.05) is 36.6 Å². The molecule has 0 radical (unpaired) electrons. The maximum Gasteiger partial charge on any atom is 0.150 e. The molecule has 2 heterocycles. The number of halogens is 2. The van der Waals surface area contributed by atoms with Gasteiger partial charge in [0.05, 0.1) is 11.0 Å². The molecule has 2 aromatic heterocycles. The summed E-state index contributed by atoms with van der Waals surface area (Å²) in [6.07, 6.45) is 6.43. The number of nitrogens with one attached hydrogen (secondary N) is 2.